The number of hydrogen-bond donors (Lipinski definition) is 1. The van der Waals surface area contributed by atoms with Gasteiger partial charge in [0.25, 0.3) is 0 Å². The van der Waals surface area contributed by atoms with Crippen molar-refractivity contribution >= 4 is 23.4 Å². The molecule has 2 unspecified atom stereocenters. The summed E-state index contributed by atoms with van der Waals surface area (Å²) in [6.45, 7) is 0. The second kappa shape index (κ2) is 4.41. The Morgan fingerprint density at radius 2 is 1.95 bits per heavy atom. The number of benzene rings is 1. The highest BCUT2D eigenvalue weighted by atomic mass is 16.2. The van der Waals surface area contributed by atoms with Gasteiger partial charge >= 0.3 is 0 Å². The Morgan fingerprint density at radius 1 is 1.10 bits per heavy atom. The molecule has 2 aliphatic heterocycles. The van der Waals surface area contributed by atoms with Crippen LogP contribution in [0.1, 0.15) is 42.7 Å². The lowest BCUT2D eigenvalue weighted by Gasteiger charge is -2.30. The maximum atomic E-state index is 12.8. The minimum atomic E-state index is -0.549. The Balaban J connectivity index is 1.78. The number of nitrogens with one attached hydrogen (secondary N) is 1. The fraction of sp³-hybridized carbons (Fsp3) is 0.438. The van der Waals surface area contributed by atoms with Crippen molar-refractivity contribution in [1.29, 1.82) is 0 Å². The molecule has 0 saturated carbocycles. The van der Waals surface area contributed by atoms with Gasteiger partial charge in [0.15, 0.2) is 0 Å². The van der Waals surface area contributed by atoms with Crippen LogP contribution in [0.4, 0.5) is 5.69 Å². The molecule has 5 heteroatoms. The molecule has 5 nitrogen and oxygen atoms in total. The third kappa shape index (κ3) is 1.73. The molecule has 1 fully saturated rings. The van der Waals surface area contributed by atoms with E-state index in [1.165, 1.54) is 5.56 Å². The molecular weight excluding hydrogens is 268 g/mol. The summed E-state index contributed by atoms with van der Waals surface area (Å²) in [4.78, 5) is 37.8. The summed E-state index contributed by atoms with van der Waals surface area (Å²) in [5, 5.41) is 2.35. The average molecular weight is 284 g/mol. The number of nitrogens with zero attached hydrogens (tertiary/aromatic N) is 1. The molecule has 2 heterocycles. The molecule has 1 aromatic carbocycles. The van der Waals surface area contributed by atoms with Gasteiger partial charge in [-0.3, -0.25) is 24.6 Å². The Morgan fingerprint density at radius 3 is 2.76 bits per heavy atom. The summed E-state index contributed by atoms with van der Waals surface area (Å²) < 4.78 is 0. The number of aryl methyl sites for hydroxylation is 1. The molecule has 3 aliphatic rings. The Kier molecular flexibility index (Phi) is 2.64. The third-order valence-corrected chi connectivity index (χ3v) is 4.78. The van der Waals surface area contributed by atoms with E-state index in [-0.39, 0.29) is 23.6 Å². The number of rotatable bonds is 1. The van der Waals surface area contributed by atoms with Crippen molar-refractivity contribution in [2.24, 2.45) is 0 Å². The molecule has 3 amide bonds. The summed E-state index contributed by atoms with van der Waals surface area (Å²) in [6.07, 6.45) is 3.56. The SMILES string of the molecule is O=C1CCC(N2C(=O)C3CCCc4cccc2c43)C(=O)N1. The van der Waals surface area contributed by atoms with Gasteiger partial charge < -0.3 is 0 Å². The third-order valence-electron chi connectivity index (χ3n) is 4.78. The number of carbonyl (C=O) groups excluding carboxylic acids is 3. The van der Waals surface area contributed by atoms with Crippen molar-refractivity contribution in [2.75, 3.05) is 4.90 Å². The predicted octanol–water partition coefficient (Wildman–Crippen LogP) is 1.26. The monoisotopic (exact) mass is 284 g/mol. The van der Waals surface area contributed by atoms with E-state index in [1.54, 1.807) is 4.90 Å². The van der Waals surface area contributed by atoms with Crippen molar-refractivity contribution < 1.29 is 14.4 Å². The first-order valence-electron chi connectivity index (χ1n) is 7.45. The van der Waals surface area contributed by atoms with Crippen LogP contribution in [0.25, 0.3) is 0 Å². The molecular formula is C16H16N2O3. The highest BCUT2D eigenvalue weighted by Crippen LogP contribution is 2.46. The summed E-state index contributed by atoms with van der Waals surface area (Å²) in [5.41, 5.74) is 3.21. The zero-order valence-corrected chi connectivity index (χ0v) is 11.6. The number of hydrogen-bond acceptors (Lipinski definition) is 3. The highest BCUT2D eigenvalue weighted by Gasteiger charge is 2.46. The predicted molar refractivity (Wildman–Crippen MR) is 75.8 cm³/mol. The lowest BCUT2D eigenvalue weighted by Crippen LogP contribution is -2.53. The average Bonchev–Trinajstić information content (AvgIpc) is 2.75. The van der Waals surface area contributed by atoms with Gasteiger partial charge in [-0.15, -0.1) is 0 Å². The van der Waals surface area contributed by atoms with Gasteiger partial charge in [-0.05, 0) is 42.9 Å². The molecule has 4 rings (SSSR count). The fourth-order valence-corrected chi connectivity index (χ4v) is 3.85. The lowest BCUT2D eigenvalue weighted by atomic mass is 9.84. The second-order valence-electron chi connectivity index (χ2n) is 5.97. The molecule has 1 aliphatic carbocycles. The number of imide groups is 1. The molecule has 0 bridgehead atoms. The van der Waals surface area contributed by atoms with E-state index in [0.717, 1.165) is 30.5 Å². The zero-order valence-electron chi connectivity index (χ0n) is 11.6. The van der Waals surface area contributed by atoms with Crippen LogP contribution < -0.4 is 10.2 Å². The topological polar surface area (TPSA) is 66.5 Å². The minimum Gasteiger partial charge on any atom is -0.299 e. The van der Waals surface area contributed by atoms with Crippen LogP contribution in [0.15, 0.2) is 18.2 Å². The number of anilines is 1. The van der Waals surface area contributed by atoms with Crippen molar-refractivity contribution in [3.63, 3.8) is 0 Å². The largest absolute Gasteiger partial charge is 0.299 e. The van der Waals surface area contributed by atoms with E-state index in [9.17, 15) is 14.4 Å². The lowest BCUT2D eigenvalue weighted by molar-refractivity contribution is -0.135. The minimum absolute atomic E-state index is 0.0200. The molecule has 0 aromatic heterocycles. The van der Waals surface area contributed by atoms with Crippen molar-refractivity contribution in [2.45, 2.75) is 44.1 Å². The van der Waals surface area contributed by atoms with E-state index in [4.69, 9.17) is 0 Å². The Hall–Kier alpha value is -2.17. The van der Waals surface area contributed by atoms with E-state index < -0.39 is 6.04 Å². The smallest absolute Gasteiger partial charge is 0.249 e. The van der Waals surface area contributed by atoms with E-state index in [2.05, 4.69) is 11.4 Å². The van der Waals surface area contributed by atoms with Gasteiger partial charge in [0.2, 0.25) is 17.7 Å². The maximum Gasteiger partial charge on any atom is 0.249 e. The first-order chi connectivity index (χ1) is 10.2. The summed E-state index contributed by atoms with van der Waals surface area (Å²) >= 11 is 0. The van der Waals surface area contributed by atoms with Crippen LogP contribution in [-0.2, 0) is 20.8 Å². The first kappa shape index (κ1) is 12.6. The van der Waals surface area contributed by atoms with E-state index >= 15 is 0 Å². The van der Waals surface area contributed by atoms with Gasteiger partial charge in [-0.25, -0.2) is 0 Å². The summed E-state index contributed by atoms with van der Waals surface area (Å²) in [5.74, 6) is -0.685. The quantitative estimate of drug-likeness (QED) is 0.789. The highest BCUT2D eigenvalue weighted by molar-refractivity contribution is 6.12. The van der Waals surface area contributed by atoms with Gasteiger partial charge in [0, 0.05) is 12.1 Å². The van der Waals surface area contributed by atoms with Crippen molar-refractivity contribution in [1.82, 2.24) is 5.32 Å². The van der Waals surface area contributed by atoms with Crippen LogP contribution in [0.5, 0.6) is 0 Å². The van der Waals surface area contributed by atoms with Crippen LogP contribution in [0, 0.1) is 0 Å². The Labute approximate surface area is 122 Å². The van der Waals surface area contributed by atoms with Gasteiger partial charge in [-0.1, -0.05) is 12.1 Å². The van der Waals surface area contributed by atoms with Crippen LogP contribution in [0.2, 0.25) is 0 Å². The van der Waals surface area contributed by atoms with Gasteiger partial charge in [0.05, 0.1) is 5.92 Å². The number of carbonyl (C=O) groups is 3. The van der Waals surface area contributed by atoms with Crippen LogP contribution >= 0.6 is 0 Å². The van der Waals surface area contributed by atoms with Crippen LogP contribution in [-0.4, -0.2) is 23.8 Å². The molecule has 108 valence electrons. The van der Waals surface area contributed by atoms with Crippen molar-refractivity contribution in [3.05, 3.63) is 29.3 Å². The van der Waals surface area contributed by atoms with Crippen LogP contribution in [0.3, 0.4) is 0 Å². The Bertz CT molecular complexity index is 667. The molecule has 0 spiro atoms. The van der Waals surface area contributed by atoms with Gasteiger partial charge in [-0.2, -0.15) is 0 Å². The fourth-order valence-electron chi connectivity index (χ4n) is 3.85. The normalized spacial score (nSPS) is 27.6. The molecule has 21 heavy (non-hydrogen) atoms. The van der Waals surface area contributed by atoms with Crippen molar-refractivity contribution in [3.8, 4) is 0 Å². The maximum absolute atomic E-state index is 12.8. The summed E-state index contributed by atoms with van der Waals surface area (Å²) in [6, 6.07) is 5.40. The number of piperidine rings is 1. The molecule has 1 saturated heterocycles. The van der Waals surface area contributed by atoms with E-state index in [1.807, 2.05) is 12.1 Å². The summed E-state index contributed by atoms with van der Waals surface area (Å²) in [7, 11) is 0. The molecule has 2 atom stereocenters. The molecule has 0 radical (unpaired) electrons. The second-order valence-corrected chi connectivity index (χ2v) is 5.97. The van der Waals surface area contributed by atoms with Gasteiger partial charge in [0.1, 0.15) is 6.04 Å². The zero-order chi connectivity index (χ0) is 14.6. The standard InChI is InChI=1S/C16H16N2O3/c19-13-8-7-12(15(20)17-13)18-11-6-2-4-9-3-1-5-10(14(9)11)16(18)21/h2,4,6,10,12H,1,3,5,7-8H2,(H,17,19,20). The van der Waals surface area contributed by atoms with E-state index in [0.29, 0.717) is 12.8 Å². The molecule has 1 aromatic rings. The first-order valence-corrected chi connectivity index (χ1v) is 7.45. The number of amides is 3. The molecule has 1 N–H and O–H groups in total.